The Morgan fingerprint density at radius 3 is 2.49 bits per heavy atom. The summed E-state index contributed by atoms with van der Waals surface area (Å²) in [6.45, 7) is 5.47. The highest BCUT2D eigenvalue weighted by atomic mass is 32.2. The minimum Gasteiger partial charge on any atom is -0.388 e. The van der Waals surface area contributed by atoms with Gasteiger partial charge >= 0.3 is 6.03 Å². The Labute approximate surface area is 208 Å². The Morgan fingerprint density at radius 2 is 1.91 bits per heavy atom. The van der Waals surface area contributed by atoms with Crippen molar-refractivity contribution >= 4 is 33.4 Å². The van der Waals surface area contributed by atoms with Gasteiger partial charge < -0.3 is 16.2 Å². The van der Waals surface area contributed by atoms with Crippen LogP contribution in [0.5, 0.6) is 0 Å². The highest BCUT2D eigenvalue weighted by Crippen LogP contribution is 2.44. The molecule has 0 radical (unpaired) electrons. The fourth-order valence-corrected chi connectivity index (χ4v) is 5.21. The van der Waals surface area contributed by atoms with E-state index in [1.807, 2.05) is 37.3 Å². The van der Waals surface area contributed by atoms with Crippen LogP contribution in [0.1, 0.15) is 68.0 Å². The summed E-state index contributed by atoms with van der Waals surface area (Å²) in [5, 5.41) is 24.7. The Bertz CT molecular complexity index is 1160. The first-order chi connectivity index (χ1) is 16.6. The van der Waals surface area contributed by atoms with Gasteiger partial charge in [0, 0.05) is 23.7 Å². The molecule has 0 saturated heterocycles. The second kappa shape index (κ2) is 10.0. The number of amides is 2. The molecule has 10 heteroatoms. The molecule has 1 aromatic heterocycles. The van der Waals surface area contributed by atoms with Crippen LogP contribution in [0.25, 0.3) is 0 Å². The van der Waals surface area contributed by atoms with Gasteiger partial charge in [-0.25, -0.2) is 14.1 Å². The maximum Gasteiger partial charge on any atom is 0.316 e. The van der Waals surface area contributed by atoms with Crippen molar-refractivity contribution in [3.8, 4) is 0 Å². The third-order valence-electron chi connectivity index (χ3n) is 6.67. The number of rotatable bonds is 4. The molecule has 3 aliphatic rings. The molecule has 2 aliphatic carbocycles. The number of aryl methyl sites for hydroxylation is 1. The summed E-state index contributed by atoms with van der Waals surface area (Å²) >= 11 is 0. The van der Waals surface area contributed by atoms with Crippen LogP contribution < -0.4 is 21.2 Å². The van der Waals surface area contributed by atoms with Gasteiger partial charge in [-0.2, -0.15) is 5.10 Å². The number of hydrazone groups is 1. The summed E-state index contributed by atoms with van der Waals surface area (Å²) in [5.74, 6) is 0.606. The van der Waals surface area contributed by atoms with Gasteiger partial charge in [0.05, 0.1) is 23.0 Å². The topological polar surface area (TPSA) is 147 Å². The van der Waals surface area contributed by atoms with Crippen LogP contribution in [0, 0.1) is 6.92 Å². The Hall–Kier alpha value is -2.82. The van der Waals surface area contributed by atoms with Gasteiger partial charge in [-0.15, -0.1) is 0 Å². The molecule has 1 aliphatic heterocycles. The van der Waals surface area contributed by atoms with Crippen LogP contribution in [0.4, 0.5) is 16.2 Å². The minimum atomic E-state index is -1.59. The number of hydrogen-bond donors (Lipinski definition) is 4. The van der Waals surface area contributed by atoms with E-state index in [0.717, 1.165) is 36.2 Å². The smallest absolute Gasteiger partial charge is 0.316 e. The zero-order chi connectivity index (χ0) is 25.3. The second-order valence-electron chi connectivity index (χ2n) is 9.88. The predicted octanol–water partition coefficient (Wildman–Crippen LogP) is 3.22. The van der Waals surface area contributed by atoms with Gasteiger partial charge in [0.2, 0.25) is 0 Å². The lowest BCUT2D eigenvalue weighted by molar-refractivity contribution is 0.0540. The lowest BCUT2D eigenvalue weighted by atomic mass is 9.96. The van der Waals surface area contributed by atoms with E-state index in [1.165, 1.54) is 29.8 Å². The first-order valence-corrected chi connectivity index (χ1v) is 13.2. The predicted molar refractivity (Wildman–Crippen MR) is 140 cm³/mol. The third kappa shape index (κ3) is 5.71. The van der Waals surface area contributed by atoms with Gasteiger partial charge in [-0.1, -0.05) is 18.2 Å². The lowest BCUT2D eigenvalue weighted by Gasteiger charge is -2.32. The molecule has 6 N–H and O–H groups in total. The highest BCUT2D eigenvalue weighted by molar-refractivity contribution is 7.98. The number of benzene rings is 1. The summed E-state index contributed by atoms with van der Waals surface area (Å²) < 4.78 is 11.3. The molecule has 0 bridgehead atoms. The summed E-state index contributed by atoms with van der Waals surface area (Å²) in [6.07, 6.45) is 6.02. The number of carbonyl (C=O) groups excluding carboxylic acids is 1. The standard InChI is InChI=1S/C13H17N3O.C12H17N3O2S/c1-7-11(8-5-6-8)15-10-4-2-3-9(10)12(7)16-13(14)17;1-12(2,16)10-8-11(18(13)17)14-15(10)9-6-4-3-5-7-9/h8H,2-6H2,1H3,(H3,14,15,16,17);3-7,10,16H,8,13H2,1-2H3. The summed E-state index contributed by atoms with van der Waals surface area (Å²) in [6, 6.07) is 8.74. The monoisotopic (exact) mass is 498 g/mol. The van der Waals surface area contributed by atoms with Crippen LogP contribution in [-0.4, -0.2) is 37.0 Å². The zero-order valence-electron chi connectivity index (χ0n) is 20.5. The van der Waals surface area contributed by atoms with Crippen LogP contribution >= 0.6 is 0 Å². The number of aromatic nitrogens is 1. The van der Waals surface area contributed by atoms with Crippen LogP contribution in [0.2, 0.25) is 0 Å². The van der Waals surface area contributed by atoms with E-state index in [4.69, 9.17) is 15.9 Å². The molecular weight excluding hydrogens is 464 g/mol. The number of para-hydroxylation sites is 1. The van der Waals surface area contributed by atoms with Crippen molar-refractivity contribution in [2.45, 2.75) is 76.9 Å². The fourth-order valence-electron chi connectivity index (χ4n) is 4.72. The molecule has 1 saturated carbocycles. The fraction of sp³-hybridized carbons (Fsp3) is 0.480. The first kappa shape index (κ1) is 25.3. The van der Waals surface area contributed by atoms with E-state index in [2.05, 4.69) is 10.4 Å². The number of nitrogens with one attached hydrogen (secondary N) is 1. The van der Waals surface area contributed by atoms with Gasteiger partial charge in [0.15, 0.2) is 0 Å². The molecule has 0 spiro atoms. The SMILES string of the molecule is CC(C)(O)C1CC(S(N)=O)=NN1c1ccccc1.Cc1c(C2CC2)nc2c(c1NC(N)=O)CCC2. The maximum absolute atomic E-state index is 11.3. The molecule has 188 valence electrons. The summed E-state index contributed by atoms with van der Waals surface area (Å²) in [5.41, 5.74) is 10.7. The number of aliphatic hydroxyl groups is 1. The average Bonchev–Trinajstić information content (AvgIpc) is 3.34. The maximum atomic E-state index is 11.3. The normalized spacial score (nSPS) is 20.0. The molecule has 2 amide bonds. The molecular formula is C25H34N6O3S. The van der Waals surface area contributed by atoms with Crippen molar-refractivity contribution in [2.75, 3.05) is 10.3 Å². The molecule has 2 heterocycles. The van der Waals surface area contributed by atoms with E-state index in [-0.39, 0.29) is 6.04 Å². The van der Waals surface area contributed by atoms with E-state index >= 15 is 0 Å². The van der Waals surface area contributed by atoms with Crippen LogP contribution in [0.3, 0.4) is 0 Å². The number of urea groups is 1. The minimum absolute atomic E-state index is 0.262. The van der Waals surface area contributed by atoms with Crippen LogP contribution in [-0.2, 0) is 23.8 Å². The van der Waals surface area contributed by atoms with Gasteiger partial charge in [0.1, 0.15) is 16.0 Å². The van der Waals surface area contributed by atoms with E-state index in [0.29, 0.717) is 17.4 Å². The van der Waals surface area contributed by atoms with Crippen molar-refractivity contribution in [2.24, 2.45) is 16.0 Å². The van der Waals surface area contributed by atoms with Gasteiger partial charge in [-0.05, 0) is 76.1 Å². The van der Waals surface area contributed by atoms with E-state index in [9.17, 15) is 14.1 Å². The van der Waals surface area contributed by atoms with Crippen molar-refractivity contribution in [3.63, 3.8) is 0 Å². The van der Waals surface area contributed by atoms with Crippen molar-refractivity contribution in [3.05, 3.63) is 52.8 Å². The Morgan fingerprint density at radius 1 is 1.23 bits per heavy atom. The number of anilines is 2. The molecule has 5 rings (SSSR count). The molecule has 2 atom stereocenters. The van der Waals surface area contributed by atoms with Gasteiger partial charge in [0.25, 0.3) is 0 Å². The first-order valence-electron chi connectivity index (χ1n) is 11.9. The number of nitrogens with two attached hydrogens (primary N) is 2. The van der Waals surface area contributed by atoms with Crippen molar-refractivity contribution < 1.29 is 14.1 Å². The number of hydrogen-bond acceptors (Lipinski definition) is 6. The lowest BCUT2D eigenvalue weighted by Crippen LogP contribution is -2.45. The zero-order valence-corrected chi connectivity index (χ0v) is 21.3. The molecule has 2 aromatic rings. The molecule has 9 nitrogen and oxygen atoms in total. The number of pyridine rings is 1. The number of carbonyl (C=O) groups is 1. The average molecular weight is 499 g/mol. The van der Waals surface area contributed by atoms with E-state index < -0.39 is 22.6 Å². The summed E-state index contributed by atoms with van der Waals surface area (Å²) in [7, 11) is -1.59. The van der Waals surface area contributed by atoms with Crippen molar-refractivity contribution in [1.29, 1.82) is 0 Å². The molecule has 35 heavy (non-hydrogen) atoms. The largest absolute Gasteiger partial charge is 0.388 e. The quantitative estimate of drug-likeness (QED) is 0.511. The highest BCUT2D eigenvalue weighted by Gasteiger charge is 2.39. The number of fused-ring (bicyclic) bond motifs is 1. The van der Waals surface area contributed by atoms with E-state index in [1.54, 1.807) is 18.9 Å². The Kier molecular flexibility index (Phi) is 7.25. The van der Waals surface area contributed by atoms with Gasteiger partial charge in [-0.3, -0.25) is 9.99 Å². The molecule has 2 unspecified atom stereocenters. The summed E-state index contributed by atoms with van der Waals surface area (Å²) in [4.78, 5) is 15.9. The second-order valence-corrected chi connectivity index (χ2v) is 11.0. The Balaban J connectivity index is 0.000000165. The third-order valence-corrected chi connectivity index (χ3v) is 7.38. The van der Waals surface area contributed by atoms with Crippen LogP contribution in [0.15, 0.2) is 35.4 Å². The number of primary amides is 1. The van der Waals surface area contributed by atoms with Crippen molar-refractivity contribution in [1.82, 2.24) is 4.98 Å². The molecule has 1 aromatic carbocycles. The molecule has 1 fully saturated rings. The number of nitrogens with zero attached hydrogens (tertiary/aromatic N) is 3.